The van der Waals surface area contributed by atoms with E-state index in [9.17, 15) is 4.79 Å². The van der Waals surface area contributed by atoms with E-state index >= 15 is 0 Å². The van der Waals surface area contributed by atoms with Gasteiger partial charge in [-0.2, -0.15) is 0 Å². The molecule has 2 aromatic carbocycles. The number of carbonyl (C=O) groups excluding carboxylic acids is 1. The van der Waals surface area contributed by atoms with Gasteiger partial charge in [0.25, 0.3) is 0 Å². The van der Waals surface area contributed by atoms with Crippen molar-refractivity contribution in [1.29, 1.82) is 0 Å². The molecule has 0 aliphatic carbocycles. The van der Waals surface area contributed by atoms with Crippen LogP contribution in [0, 0.1) is 0 Å². The molecule has 0 heterocycles. The minimum Gasteiger partial charge on any atom is -0.497 e. The number of para-hydroxylation sites is 1. The zero-order valence-electron chi connectivity index (χ0n) is 11.9. The Bertz CT molecular complexity index is 631. The minimum atomic E-state index is -0.307. The number of carbonyl (C=O) groups is 1. The normalized spacial score (nSPS) is 11.6. The Morgan fingerprint density at radius 2 is 1.95 bits per heavy atom. The number of rotatable bonds is 4. The molecule has 0 bridgehead atoms. The highest BCUT2D eigenvalue weighted by Gasteiger charge is 2.11. The van der Waals surface area contributed by atoms with E-state index in [-0.39, 0.29) is 12.1 Å². The maximum absolute atomic E-state index is 12.0. The number of hydrogen-bond donors (Lipinski definition) is 2. The number of urea groups is 1. The zero-order chi connectivity index (χ0) is 15.2. The molecule has 2 aromatic rings. The van der Waals surface area contributed by atoms with Gasteiger partial charge in [-0.05, 0) is 36.8 Å². The zero-order valence-corrected chi connectivity index (χ0v) is 12.6. The Hall–Kier alpha value is -2.20. The van der Waals surface area contributed by atoms with Crippen molar-refractivity contribution in [3.05, 3.63) is 59.1 Å². The maximum Gasteiger partial charge on any atom is 0.319 e. The lowest BCUT2D eigenvalue weighted by molar-refractivity contribution is 0.249. The number of methoxy groups -OCH3 is 1. The van der Waals surface area contributed by atoms with Gasteiger partial charge in [0.1, 0.15) is 5.75 Å². The highest BCUT2D eigenvalue weighted by atomic mass is 35.5. The maximum atomic E-state index is 12.0. The van der Waals surface area contributed by atoms with Gasteiger partial charge in [-0.3, -0.25) is 0 Å². The summed E-state index contributed by atoms with van der Waals surface area (Å²) < 4.78 is 5.18. The molecule has 0 saturated carbocycles. The van der Waals surface area contributed by atoms with Crippen molar-refractivity contribution in [1.82, 2.24) is 5.32 Å². The highest BCUT2D eigenvalue weighted by Crippen LogP contribution is 2.21. The predicted molar refractivity (Wildman–Crippen MR) is 85.0 cm³/mol. The fourth-order valence-electron chi connectivity index (χ4n) is 1.91. The summed E-state index contributed by atoms with van der Waals surface area (Å²) >= 11 is 6.00. The van der Waals surface area contributed by atoms with Crippen LogP contribution in [0.15, 0.2) is 48.5 Å². The largest absolute Gasteiger partial charge is 0.497 e. The molecule has 110 valence electrons. The molecule has 0 aromatic heterocycles. The van der Waals surface area contributed by atoms with Gasteiger partial charge in [0.15, 0.2) is 0 Å². The summed E-state index contributed by atoms with van der Waals surface area (Å²) in [6.45, 7) is 1.90. The first-order valence-electron chi connectivity index (χ1n) is 6.56. The first kappa shape index (κ1) is 15.2. The Morgan fingerprint density at radius 3 is 2.67 bits per heavy atom. The molecule has 1 atom stereocenters. The van der Waals surface area contributed by atoms with Crippen LogP contribution in [-0.2, 0) is 0 Å². The first-order chi connectivity index (χ1) is 10.1. The molecule has 2 amide bonds. The van der Waals surface area contributed by atoms with Crippen LogP contribution in [0.3, 0.4) is 0 Å². The predicted octanol–water partition coefficient (Wildman–Crippen LogP) is 4.23. The van der Waals surface area contributed by atoms with E-state index in [1.807, 2.05) is 43.3 Å². The van der Waals surface area contributed by atoms with E-state index in [1.165, 1.54) is 0 Å². The molecule has 4 nitrogen and oxygen atoms in total. The molecule has 21 heavy (non-hydrogen) atoms. The van der Waals surface area contributed by atoms with Crippen molar-refractivity contribution < 1.29 is 9.53 Å². The van der Waals surface area contributed by atoms with Crippen LogP contribution >= 0.6 is 11.6 Å². The van der Waals surface area contributed by atoms with E-state index in [0.29, 0.717) is 10.7 Å². The van der Waals surface area contributed by atoms with Crippen LogP contribution in [0.5, 0.6) is 5.75 Å². The Morgan fingerprint density at radius 1 is 1.19 bits per heavy atom. The van der Waals surface area contributed by atoms with E-state index < -0.39 is 0 Å². The molecule has 0 fully saturated rings. The van der Waals surface area contributed by atoms with Gasteiger partial charge in [-0.1, -0.05) is 35.9 Å². The average molecular weight is 305 g/mol. The van der Waals surface area contributed by atoms with Crippen LogP contribution in [0.25, 0.3) is 0 Å². The third-order valence-electron chi connectivity index (χ3n) is 3.06. The monoisotopic (exact) mass is 304 g/mol. The van der Waals surface area contributed by atoms with Gasteiger partial charge >= 0.3 is 6.03 Å². The van der Waals surface area contributed by atoms with Crippen molar-refractivity contribution in [2.45, 2.75) is 13.0 Å². The molecule has 0 aliphatic heterocycles. The second-order valence-electron chi connectivity index (χ2n) is 4.58. The fraction of sp³-hybridized carbons (Fsp3) is 0.188. The number of amides is 2. The lowest BCUT2D eigenvalue weighted by Crippen LogP contribution is -2.31. The number of halogens is 1. The third-order valence-corrected chi connectivity index (χ3v) is 3.39. The molecule has 0 saturated heterocycles. The van der Waals surface area contributed by atoms with E-state index in [2.05, 4.69) is 10.6 Å². The lowest BCUT2D eigenvalue weighted by atomic mass is 10.1. The van der Waals surface area contributed by atoms with Crippen molar-refractivity contribution in [2.24, 2.45) is 0 Å². The molecule has 2 N–H and O–H groups in total. The average Bonchev–Trinajstić information content (AvgIpc) is 2.49. The lowest BCUT2D eigenvalue weighted by Gasteiger charge is -2.16. The van der Waals surface area contributed by atoms with Gasteiger partial charge in [0, 0.05) is 0 Å². The summed E-state index contributed by atoms with van der Waals surface area (Å²) in [6, 6.07) is 14.2. The summed E-state index contributed by atoms with van der Waals surface area (Å²) in [7, 11) is 1.61. The molecule has 0 unspecified atom stereocenters. The molecule has 0 spiro atoms. The Balaban J connectivity index is 2.00. The second-order valence-corrected chi connectivity index (χ2v) is 4.98. The Labute approximate surface area is 129 Å². The number of benzene rings is 2. The van der Waals surface area contributed by atoms with Crippen molar-refractivity contribution in [3.8, 4) is 5.75 Å². The summed E-state index contributed by atoms with van der Waals surface area (Å²) in [5.41, 5.74) is 1.54. The van der Waals surface area contributed by atoms with Crippen LogP contribution in [-0.4, -0.2) is 13.1 Å². The number of ether oxygens (including phenoxy) is 1. The summed E-state index contributed by atoms with van der Waals surface area (Å²) in [5.74, 6) is 0.757. The topological polar surface area (TPSA) is 50.4 Å². The van der Waals surface area contributed by atoms with Gasteiger partial charge in [0.05, 0.1) is 23.9 Å². The van der Waals surface area contributed by atoms with Crippen LogP contribution in [0.4, 0.5) is 10.5 Å². The standard InChI is InChI=1S/C16H17ClN2O2/c1-11(12-6-5-7-13(10-12)21-2)18-16(20)19-15-9-4-3-8-14(15)17/h3-11H,1-2H3,(H2,18,19,20)/t11-/m1/s1. The van der Waals surface area contributed by atoms with Gasteiger partial charge in [-0.15, -0.1) is 0 Å². The number of nitrogens with one attached hydrogen (secondary N) is 2. The highest BCUT2D eigenvalue weighted by molar-refractivity contribution is 6.33. The smallest absolute Gasteiger partial charge is 0.319 e. The summed E-state index contributed by atoms with van der Waals surface area (Å²) in [4.78, 5) is 12.0. The fourth-order valence-corrected chi connectivity index (χ4v) is 2.09. The molecule has 2 rings (SSSR count). The van der Waals surface area contributed by atoms with E-state index in [4.69, 9.17) is 16.3 Å². The van der Waals surface area contributed by atoms with Crippen molar-refractivity contribution >= 4 is 23.3 Å². The van der Waals surface area contributed by atoms with Gasteiger partial charge in [0.2, 0.25) is 0 Å². The van der Waals surface area contributed by atoms with Crippen LogP contribution in [0.2, 0.25) is 5.02 Å². The van der Waals surface area contributed by atoms with Crippen molar-refractivity contribution in [3.63, 3.8) is 0 Å². The molecular weight excluding hydrogens is 288 g/mol. The SMILES string of the molecule is COc1cccc([C@@H](C)NC(=O)Nc2ccccc2Cl)c1. The first-order valence-corrected chi connectivity index (χ1v) is 6.94. The quantitative estimate of drug-likeness (QED) is 0.888. The molecule has 5 heteroatoms. The van der Waals surface area contributed by atoms with Crippen LogP contribution in [0.1, 0.15) is 18.5 Å². The van der Waals surface area contributed by atoms with E-state index in [1.54, 1.807) is 19.2 Å². The number of anilines is 1. The van der Waals surface area contributed by atoms with Crippen LogP contribution < -0.4 is 15.4 Å². The molecule has 0 radical (unpaired) electrons. The van der Waals surface area contributed by atoms with Gasteiger partial charge < -0.3 is 15.4 Å². The minimum absolute atomic E-state index is 0.150. The summed E-state index contributed by atoms with van der Waals surface area (Å²) in [5, 5.41) is 6.09. The van der Waals surface area contributed by atoms with Gasteiger partial charge in [-0.25, -0.2) is 4.79 Å². The molecular formula is C16H17ClN2O2. The number of hydrogen-bond acceptors (Lipinski definition) is 2. The second kappa shape index (κ2) is 6.99. The van der Waals surface area contributed by atoms with Crippen molar-refractivity contribution in [2.75, 3.05) is 12.4 Å². The third kappa shape index (κ3) is 4.13. The summed E-state index contributed by atoms with van der Waals surface area (Å²) in [6.07, 6.45) is 0. The Kier molecular flexibility index (Phi) is 5.06. The van der Waals surface area contributed by atoms with E-state index in [0.717, 1.165) is 11.3 Å². The molecule has 0 aliphatic rings.